The van der Waals surface area contributed by atoms with Crippen molar-refractivity contribution in [2.75, 3.05) is 31.5 Å². The number of quaternary nitrogens is 1. The number of hydrogen-bond acceptors (Lipinski definition) is 3. The van der Waals surface area contributed by atoms with E-state index in [-0.39, 0.29) is 17.9 Å². The average molecular weight is 433 g/mol. The van der Waals surface area contributed by atoms with Crippen LogP contribution in [0.3, 0.4) is 0 Å². The summed E-state index contributed by atoms with van der Waals surface area (Å²) in [6.07, 6.45) is 1.51. The first-order chi connectivity index (χ1) is 15.5. The average Bonchev–Trinajstić information content (AvgIpc) is 3.35. The third kappa shape index (κ3) is 4.92. The molecule has 0 aliphatic carbocycles. The van der Waals surface area contributed by atoms with Crippen molar-refractivity contribution in [2.24, 2.45) is 0 Å². The van der Waals surface area contributed by atoms with Crippen LogP contribution in [0.25, 0.3) is 0 Å². The number of amides is 2. The van der Waals surface area contributed by atoms with E-state index in [9.17, 15) is 9.59 Å². The summed E-state index contributed by atoms with van der Waals surface area (Å²) in [6.45, 7) is 6.83. The van der Waals surface area contributed by atoms with Crippen molar-refractivity contribution < 1.29 is 18.9 Å². The second-order valence-electron chi connectivity index (χ2n) is 8.54. The van der Waals surface area contributed by atoms with Crippen molar-refractivity contribution in [2.45, 2.75) is 25.8 Å². The number of furan rings is 1. The van der Waals surface area contributed by atoms with Crippen LogP contribution in [0, 0.1) is 0 Å². The van der Waals surface area contributed by atoms with Crippen molar-refractivity contribution in [3.05, 3.63) is 89.9 Å². The van der Waals surface area contributed by atoms with E-state index >= 15 is 0 Å². The number of piperazine rings is 1. The van der Waals surface area contributed by atoms with Crippen LogP contribution in [0.4, 0.5) is 5.69 Å². The predicted octanol–water partition coefficient (Wildman–Crippen LogP) is 3.12. The second kappa shape index (κ2) is 9.83. The molecular formula is C26H30N3O3+. The van der Waals surface area contributed by atoms with Gasteiger partial charge in [0.05, 0.1) is 32.4 Å². The molecule has 1 saturated heterocycles. The zero-order valence-electron chi connectivity index (χ0n) is 18.6. The van der Waals surface area contributed by atoms with E-state index in [0.29, 0.717) is 37.9 Å². The van der Waals surface area contributed by atoms with Gasteiger partial charge in [0, 0.05) is 11.3 Å². The summed E-state index contributed by atoms with van der Waals surface area (Å²) in [7, 11) is 0. The van der Waals surface area contributed by atoms with E-state index in [4.69, 9.17) is 4.42 Å². The highest BCUT2D eigenvalue weighted by Crippen LogP contribution is 2.19. The first-order valence-corrected chi connectivity index (χ1v) is 11.2. The van der Waals surface area contributed by atoms with Crippen LogP contribution < -0.4 is 10.2 Å². The van der Waals surface area contributed by atoms with Crippen molar-refractivity contribution in [1.29, 1.82) is 0 Å². The fourth-order valence-corrected chi connectivity index (χ4v) is 4.23. The van der Waals surface area contributed by atoms with E-state index in [1.165, 1.54) is 11.8 Å². The molecule has 0 spiro atoms. The number of nitrogens with zero attached hydrogens (tertiary/aromatic N) is 1. The molecule has 1 atom stereocenters. The smallest absolute Gasteiger partial charge is 0.289 e. The lowest BCUT2D eigenvalue weighted by molar-refractivity contribution is -0.925. The Hall–Kier alpha value is -3.38. The number of rotatable bonds is 6. The van der Waals surface area contributed by atoms with Gasteiger partial charge in [0.25, 0.3) is 11.8 Å². The minimum Gasteiger partial charge on any atom is -0.459 e. The Kier molecular flexibility index (Phi) is 6.71. The van der Waals surface area contributed by atoms with Crippen LogP contribution in [0.2, 0.25) is 0 Å². The quantitative estimate of drug-likeness (QED) is 0.629. The van der Waals surface area contributed by atoms with Crippen molar-refractivity contribution in [3.63, 3.8) is 0 Å². The Labute approximate surface area is 188 Å². The fraction of sp³-hybridized carbons (Fsp3) is 0.308. The van der Waals surface area contributed by atoms with Gasteiger partial charge in [-0.3, -0.25) is 9.59 Å². The lowest BCUT2D eigenvalue weighted by Gasteiger charge is -2.35. The van der Waals surface area contributed by atoms with Gasteiger partial charge < -0.3 is 19.5 Å². The molecule has 1 unspecified atom stereocenters. The summed E-state index contributed by atoms with van der Waals surface area (Å²) in [6, 6.07) is 21.0. The minimum absolute atomic E-state index is 0.0330. The van der Waals surface area contributed by atoms with E-state index in [0.717, 1.165) is 16.2 Å². The van der Waals surface area contributed by atoms with Crippen LogP contribution in [0.5, 0.6) is 0 Å². The molecule has 2 amide bonds. The SMILES string of the molecule is CC(C)c1ccc(NC(=O)C(c2ccccc2)[NH+]2CCN(C(=O)c3ccco3)CC2)cc1. The largest absolute Gasteiger partial charge is 0.459 e. The lowest BCUT2D eigenvalue weighted by Crippen LogP contribution is -3.16. The van der Waals surface area contributed by atoms with Gasteiger partial charge in [-0.05, 0) is 35.7 Å². The van der Waals surface area contributed by atoms with Gasteiger partial charge in [-0.1, -0.05) is 56.3 Å². The normalized spacial score (nSPS) is 15.5. The zero-order valence-corrected chi connectivity index (χ0v) is 18.6. The Morgan fingerprint density at radius 3 is 2.19 bits per heavy atom. The molecule has 1 fully saturated rings. The van der Waals surface area contributed by atoms with Crippen molar-refractivity contribution >= 4 is 17.5 Å². The highest BCUT2D eigenvalue weighted by atomic mass is 16.3. The molecule has 1 aliphatic heterocycles. The first kappa shape index (κ1) is 21.8. The lowest BCUT2D eigenvalue weighted by atomic mass is 10.0. The molecule has 0 saturated carbocycles. The molecule has 166 valence electrons. The van der Waals surface area contributed by atoms with E-state index < -0.39 is 0 Å². The molecule has 1 aromatic heterocycles. The van der Waals surface area contributed by atoms with Gasteiger partial charge in [-0.2, -0.15) is 0 Å². The number of anilines is 1. The molecule has 3 aromatic rings. The fourth-order valence-electron chi connectivity index (χ4n) is 4.23. The topological polar surface area (TPSA) is 67.0 Å². The number of carbonyl (C=O) groups excluding carboxylic acids is 2. The van der Waals surface area contributed by atoms with Crippen LogP contribution in [-0.2, 0) is 4.79 Å². The minimum atomic E-state index is -0.346. The summed E-state index contributed by atoms with van der Waals surface area (Å²) < 4.78 is 5.26. The standard InChI is InChI=1S/C26H29N3O3/c1-19(2)20-10-12-22(13-11-20)27-25(30)24(21-7-4-3-5-8-21)28-14-16-29(17-15-28)26(31)23-9-6-18-32-23/h3-13,18-19,24H,14-17H2,1-2H3,(H,27,30)/p+1. The maximum absolute atomic E-state index is 13.4. The molecule has 1 aliphatic rings. The van der Waals surface area contributed by atoms with Gasteiger partial charge in [0.1, 0.15) is 0 Å². The number of carbonyl (C=O) groups is 2. The van der Waals surface area contributed by atoms with Gasteiger partial charge >= 0.3 is 0 Å². The molecule has 0 bridgehead atoms. The molecule has 0 radical (unpaired) electrons. The number of benzene rings is 2. The summed E-state index contributed by atoms with van der Waals surface area (Å²) >= 11 is 0. The molecule has 2 N–H and O–H groups in total. The molecule has 6 heteroatoms. The van der Waals surface area contributed by atoms with Gasteiger partial charge in [-0.15, -0.1) is 0 Å². The summed E-state index contributed by atoms with van der Waals surface area (Å²) in [5.74, 6) is 0.673. The Morgan fingerprint density at radius 2 is 1.59 bits per heavy atom. The van der Waals surface area contributed by atoms with Crippen LogP contribution in [-0.4, -0.2) is 42.9 Å². The number of hydrogen-bond donors (Lipinski definition) is 2. The molecule has 2 heterocycles. The molecule has 6 nitrogen and oxygen atoms in total. The molecule has 2 aromatic carbocycles. The summed E-state index contributed by atoms with van der Waals surface area (Å²) in [5, 5.41) is 3.10. The predicted molar refractivity (Wildman–Crippen MR) is 124 cm³/mol. The molecular weight excluding hydrogens is 402 g/mol. The Bertz CT molecular complexity index is 1020. The summed E-state index contributed by atoms with van der Waals surface area (Å²) in [5.41, 5.74) is 3.02. The third-order valence-corrected chi connectivity index (χ3v) is 6.07. The maximum Gasteiger partial charge on any atom is 0.289 e. The molecule has 32 heavy (non-hydrogen) atoms. The highest BCUT2D eigenvalue weighted by molar-refractivity contribution is 5.94. The van der Waals surface area contributed by atoms with E-state index in [2.05, 4.69) is 31.3 Å². The van der Waals surface area contributed by atoms with E-state index in [1.807, 2.05) is 42.5 Å². The van der Waals surface area contributed by atoms with Gasteiger partial charge in [-0.25, -0.2) is 0 Å². The first-order valence-electron chi connectivity index (χ1n) is 11.2. The van der Waals surface area contributed by atoms with Gasteiger partial charge in [0.15, 0.2) is 11.8 Å². The van der Waals surface area contributed by atoms with Crippen LogP contribution >= 0.6 is 0 Å². The third-order valence-electron chi connectivity index (χ3n) is 6.07. The van der Waals surface area contributed by atoms with E-state index in [1.54, 1.807) is 17.0 Å². The van der Waals surface area contributed by atoms with Crippen molar-refractivity contribution in [1.82, 2.24) is 4.90 Å². The number of nitrogens with one attached hydrogen (secondary N) is 2. The van der Waals surface area contributed by atoms with Crippen LogP contribution in [0.15, 0.2) is 77.4 Å². The molecule has 4 rings (SSSR count). The highest BCUT2D eigenvalue weighted by Gasteiger charge is 2.35. The summed E-state index contributed by atoms with van der Waals surface area (Å²) in [4.78, 5) is 29.0. The monoisotopic (exact) mass is 432 g/mol. The van der Waals surface area contributed by atoms with Crippen LogP contribution in [0.1, 0.15) is 47.5 Å². The zero-order chi connectivity index (χ0) is 22.5. The Morgan fingerprint density at radius 1 is 0.906 bits per heavy atom. The second-order valence-corrected chi connectivity index (χ2v) is 8.54. The van der Waals surface area contributed by atoms with Crippen molar-refractivity contribution in [3.8, 4) is 0 Å². The maximum atomic E-state index is 13.4. The van der Waals surface area contributed by atoms with Gasteiger partial charge in [0.2, 0.25) is 0 Å². The Balaban J connectivity index is 1.48.